The number of hydrogen-bond acceptors (Lipinski definition) is 3. The Morgan fingerprint density at radius 2 is 2.38 bits per heavy atom. The number of aryl methyl sites for hydroxylation is 1. The van der Waals surface area contributed by atoms with E-state index in [1.165, 1.54) is 25.1 Å². The molecule has 4 nitrogen and oxygen atoms in total. The van der Waals surface area contributed by atoms with Gasteiger partial charge in [-0.25, -0.2) is 0 Å². The molecule has 1 aliphatic rings. The van der Waals surface area contributed by atoms with Crippen LogP contribution in [0.25, 0.3) is 0 Å². The molecule has 0 aromatic carbocycles. The summed E-state index contributed by atoms with van der Waals surface area (Å²) in [5, 5.41) is 4.28. The highest BCUT2D eigenvalue weighted by Crippen LogP contribution is 2.12. The van der Waals surface area contributed by atoms with Gasteiger partial charge in [0, 0.05) is 31.9 Å². The Balaban J connectivity index is 0.00000128. The molecule has 0 aliphatic carbocycles. The van der Waals surface area contributed by atoms with Gasteiger partial charge in [-0.3, -0.25) is 9.58 Å². The molecule has 0 spiro atoms. The molecule has 2 heterocycles. The topological polar surface area (TPSA) is 47.1 Å². The van der Waals surface area contributed by atoms with Gasteiger partial charge in [0.15, 0.2) is 0 Å². The van der Waals surface area contributed by atoms with E-state index in [1.54, 1.807) is 0 Å². The van der Waals surface area contributed by atoms with E-state index in [2.05, 4.69) is 27.7 Å². The fraction of sp³-hybridized carbons (Fsp3) is 0.727. The number of halogens is 1. The average molecular weight is 245 g/mol. The molecule has 2 N–H and O–H groups in total. The van der Waals surface area contributed by atoms with Crippen LogP contribution < -0.4 is 5.73 Å². The minimum absolute atomic E-state index is 0. The van der Waals surface area contributed by atoms with Crippen LogP contribution in [0.4, 0.5) is 0 Å². The SMILES string of the molecule is CCn1nccc1CN1CCCC(N)C1.Cl. The summed E-state index contributed by atoms with van der Waals surface area (Å²) in [4.78, 5) is 2.43. The Morgan fingerprint density at radius 3 is 3.06 bits per heavy atom. The van der Waals surface area contributed by atoms with Crippen LogP contribution in [0.15, 0.2) is 12.3 Å². The van der Waals surface area contributed by atoms with E-state index in [0.717, 1.165) is 19.6 Å². The molecule has 1 saturated heterocycles. The number of likely N-dealkylation sites (tertiary alicyclic amines) is 1. The average Bonchev–Trinajstić information content (AvgIpc) is 2.65. The van der Waals surface area contributed by atoms with Gasteiger partial charge in [-0.2, -0.15) is 5.10 Å². The lowest BCUT2D eigenvalue weighted by Gasteiger charge is -2.30. The molecule has 2 rings (SSSR count). The molecule has 1 unspecified atom stereocenters. The van der Waals surface area contributed by atoms with Crippen molar-refractivity contribution in [2.75, 3.05) is 13.1 Å². The van der Waals surface area contributed by atoms with Crippen LogP contribution >= 0.6 is 12.4 Å². The molecule has 0 radical (unpaired) electrons. The minimum Gasteiger partial charge on any atom is -0.327 e. The molecule has 0 bridgehead atoms. The summed E-state index contributed by atoms with van der Waals surface area (Å²) in [6.45, 7) is 6.25. The second kappa shape index (κ2) is 6.23. The van der Waals surface area contributed by atoms with Crippen LogP contribution in [0.5, 0.6) is 0 Å². The molecule has 1 aromatic rings. The molecule has 0 amide bonds. The third kappa shape index (κ3) is 3.20. The maximum atomic E-state index is 5.96. The van der Waals surface area contributed by atoms with Gasteiger partial charge in [0.2, 0.25) is 0 Å². The van der Waals surface area contributed by atoms with Crippen molar-refractivity contribution in [3.8, 4) is 0 Å². The van der Waals surface area contributed by atoms with E-state index < -0.39 is 0 Å². The van der Waals surface area contributed by atoms with Crippen molar-refractivity contribution in [2.24, 2.45) is 5.73 Å². The first-order valence-corrected chi connectivity index (χ1v) is 5.78. The van der Waals surface area contributed by atoms with Gasteiger partial charge in [0.25, 0.3) is 0 Å². The summed E-state index contributed by atoms with van der Waals surface area (Å²) in [7, 11) is 0. The van der Waals surface area contributed by atoms with E-state index in [4.69, 9.17) is 5.73 Å². The molecule has 1 fully saturated rings. The van der Waals surface area contributed by atoms with Crippen molar-refractivity contribution < 1.29 is 0 Å². The van der Waals surface area contributed by atoms with Crippen molar-refractivity contribution in [2.45, 2.75) is 38.9 Å². The number of piperidine rings is 1. The highest BCUT2D eigenvalue weighted by Gasteiger charge is 2.17. The molecule has 1 atom stereocenters. The van der Waals surface area contributed by atoms with Crippen molar-refractivity contribution in [3.05, 3.63) is 18.0 Å². The fourth-order valence-corrected chi connectivity index (χ4v) is 2.24. The predicted octanol–water partition coefficient (Wildman–Crippen LogP) is 1.25. The Morgan fingerprint density at radius 1 is 1.56 bits per heavy atom. The van der Waals surface area contributed by atoms with Crippen molar-refractivity contribution in [1.29, 1.82) is 0 Å². The Kier molecular flexibility index (Phi) is 5.25. The summed E-state index contributed by atoms with van der Waals surface area (Å²) >= 11 is 0. The van der Waals surface area contributed by atoms with E-state index in [-0.39, 0.29) is 12.4 Å². The Hall–Kier alpha value is -0.580. The first kappa shape index (κ1) is 13.5. The van der Waals surface area contributed by atoms with Crippen LogP contribution in [0.3, 0.4) is 0 Å². The number of nitrogens with two attached hydrogens (primary N) is 1. The number of rotatable bonds is 3. The number of hydrogen-bond donors (Lipinski definition) is 1. The molecule has 16 heavy (non-hydrogen) atoms. The zero-order valence-electron chi connectivity index (χ0n) is 9.80. The van der Waals surface area contributed by atoms with E-state index >= 15 is 0 Å². The van der Waals surface area contributed by atoms with Crippen molar-refractivity contribution in [3.63, 3.8) is 0 Å². The summed E-state index contributed by atoms with van der Waals surface area (Å²) < 4.78 is 2.06. The zero-order valence-corrected chi connectivity index (χ0v) is 10.6. The molecule has 1 aliphatic heterocycles. The summed E-state index contributed by atoms with van der Waals surface area (Å²) in [5.74, 6) is 0. The maximum absolute atomic E-state index is 5.96. The smallest absolute Gasteiger partial charge is 0.0524 e. The highest BCUT2D eigenvalue weighted by atomic mass is 35.5. The zero-order chi connectivity index (χ0) is 10.7. The summed E-state index contributed by atoms with van der Waals surface area (Å²) in [6.07, 6.45) is 4.27. The van der Waals surface area contributed by atoms with Gasteiger partial charge < -0.3 is 5.73 Å². The standard InChI is InChI=1S/C11H20N4.ClH/c1-2-15-11(5-6-13-15)9-14-7-3-4-10(12)8-14;/h5-6,10H,2-4,7-9,12H2,1H3;1H. The molecular formula is C11H21ClN4. The minimum atomic E-state index is 0. The van der Waals surface area contributed by atoms with Crippen molar-refractivity contribution >= 4 is 12.4 Å². The van der Waals surface area contributed by atoms with E-state index in [9.17, 15) is 0 Å². The highest BCUT2D eigenvalue weighted by molar-refractivity contribution is 5.85. The predicted molar refractivity (Wildman–Crippen MR) is 67.6 cm³/mol. The van der Waals surface area contributed by atoms with Crippen LogP contribution in [0.1, 0.15) is 25.5 Å². The summed E-state index contributed by atoms with van der Waals surface area (Å²) in [5.41, 5.74) is 7.26. The van der Waals surface area contributed by atoms with Gasteiger partial charge in [-0.15, -0.1) is 12.4 Å². The monoisotopic (exact) mass is 244 g/mol. The Bertz CT molecular complexity index is 313. The third-order valence-corrected chi connectivity index (χ3v) is 3.03. The van der Waals surface area contributed by atoms with Gasteiger partial charge in [0.05, 0.1) is 5.69 Å². The first-order valence-electron chi connectivity index (χ1n) is 5.78. The lowest BCUT2D eigenvalue weighted by molar-refractivity contribution is 0.196. The maximum Gasteiger partial charge on any atom is 0.0524 e. The Labute approximate surface area is 103 Å². The second-order valence-electron chi connectivity index (χ2n) is 4.28. The van der Waals surface area contributed by atoms with Gasteiger partial charge in [0.1, 0.15) is 0 Å². The summed E-state index contributed by atoms with van der Waals surface area (Å²) in [6, 6.07) is 2.46. The third-order valence-electron chi connectivity index (χ3n) is 3.03. The number of nitrogens with zero attached hydrogens (tertiary/aromatic N) is 3. The molecular weight excluding hydrogens is 224 g/mol. The fourth-order valence-electron chi connectivity index (χ4n) is 2.24. The van der Waals surface area contributed by atoms with Crippen LogP contribution in [0.2, 0.25) is 0 Å². The van der Waals surface area contributed by atoms with Crippen LogP contribution in [0, 0.1) is 0 Å². The van der Waals surface area contributed by atoms with Crippen LogP contribution in [-0.2, 0) is 13.1 Å². The van der Waals surface area contributed by atoms with Gasteiger partial charge in [-0.05, 0) is 32.4 Å². The first-order chi connectivity index (χ1) is 7.29. The largest absolute Gasteiger partial charge is 0.327 e. The van der Waals surface area contributed by atoms with E-state index in [0.29, 0.717) is 6.04 Å². The van der Waals surface area contributed by atoms with Gasteiger partial charge >= 0.3 is 0 Å². The molecule has 1 aromatic heterocycles. The van der Waals surface area contributed by atoms with Gasteiger partial charge in [-0.1, -0.05) is 0 Å². The lowest BCUT2D eigenvalue weighted by atomic mass is 10.1. The molecule has 5 heteroatoms. The second-order valence-corrected chi connectivity index (χ2v) is 4.28. The van der Waals surface area contributed by atoms with Crippen LogP contribution in [-0.4, -0.2) is 33.8 Å². The van der Waals surface area contributed by atoms with Crippen molar-refractivity contribution in [1.82, 2.24) is 14.7 Å². The quantitative estimate of drug-likeness (QED) is 0.871. The lowest BCUT2D eigenvalue weighted by Crippen LogP contribution is -2.42. The normalized spacial score (nSPS) is 21.8. The van der Waals surface area contributed by atoms with E-state index in [1.807, 2.05) is 6.20 Å². The number of aromatic nitrogens is 2. The molecule has 0 saturated carbocycles. The molecule has 92 valence electrons.